The molecule has 1 amide bonds. The van der Waals surface area contributed by atoms with E-state index >= 15 is 0 Å². The first-order valence-electron chi connectivity index (χ1n) is 6.61. The molecule has 0 atom stereocenters. The summed E-state index contributed by atoms with van der Waals surface area (Å²) in [6.45, 7) is 2.10. The fourth-order valence-corrected chi connectivity index (χ4v) is 1.91. The molecule has 0 unspecified atom stereocenters. The van der Waals surface area contributed by atoms with Crippen LogP contribution in [0.5, 0.6) is 0 Å². The van der Waals surface area contributed by atoms with Crippen molar-refractivity contribution >= 4 is 11.9 Å². The summed E-state index contributed by atoms with van der Waals surface area (Å²) < 4.78 is 13.6. The van der Waals surface area contributed by atoms with E-state index in [2.05, 4.69) is 0 Å². The summed E-state index contributed by atoms with van der Waals surface area (Å²) in [6, 6.07) is 4.81. The van der Waals surface area contributed by atoms with Crippen molar-refractivity contribution in [2.75, 3.05) is 7.05 Å². The number of carboxylic acid groups (broad SMARTS) is 1. The smallest absolute Gasteiger partial charge is 0.303 e. The predicted octanol–water partition coefficient (Wildman–Crippen LogP) is 2.74. The van der Waals surface area contributed by atoms with Crippen LogP contribution in [0.3, 0.4) is 0 Å². The Bertz CT molecular complexity index is 488. The van der Waals surface area contributed by atoms with Gasteiger partial charge in [-0.2, -0.15) is 0 Å². The Hall–Kier alpha value is -1.91. The lowest BCUT2D eigenvalue weighted by Crippen LogP contribution is -2.26. The maximum Gasteiger partial charge on any atom is 0.303 e. The zero-order chi connectivity index (χ0) is 15.1. The van der Waals surface area contributed by atoms with Crippen LogP contribution >= 0.6 is 0 Å². The van der Waals surface area contributed by atoms with Crippen molar-refractivity contribution in [3.8, 4) is 0 Å². The second-order valence-electron chi connectivity index (χ2n) is 4.95. The van der Waals surface area contributed by atoms with Crippen molar-refractivity contribution in [3.05, 3.63) is 35.1 Å². The van der Waals surface area contributed by atoms with Crippen LogP contribution < -0.4 is 0 Å². The van der Waals surface area contributed by atoms with Crippen molar-refractivity contribution in [2.24, 2.45) is 0 Å². The first kappa shape index (κ1) is 16.1. The highest BCUT2D eigenvalue weighted by Gasteiger charge is 2.12. The highest BCUT2D eigenvalue weighted by atomic mass is 19.1. The van der Waals surface area contributed by atoms with Gasteiger partial charge in [0.1, 0.15) is 5.82 Å². The second-order valence-corrected chi connectivity index (χ2v) is 4.95. The largest absolute Gasteiger partial charge is 0.481 e. The number of unbranched alkanes of at least 4 members (excludes halogenated alkanes) is 1. The van der Waals surface area contributed by atoms with Gasteiger partial charge in [-0.25, -0.2) is 4.39 Å². The van der Waals surface area contributed by atoms with Gasteiger partial charge in [0, 0.05) is 32.0 Å². The Morgan fingerprint density at radius 2 is 1.90 bits per heavy atom. The number of rotatable bonds is 7. The third kappa shape index (κ3) is 5.38. The molecule has 0 spiro atoms. The van der Waals surface area contributed by atoms with Crippen molar-refractivity contribution in [1.29, 1.82) is 0 Å². The topological polar surface area (TPSA) is 57.6 Å². The van der Waals surface area contributed by atoms with Gasteiger partial charge < -0.3 is 10.0 Å². The van der Waals surface area contributed by atoms with Gasteiger partial charge >= 0.3 is 5.97 Å². The molecule has 0 bridgehead atoms. The molecule has 4 nitrogen and oxygen atoms in total. The molecule has 0 aliphatic rings. The summed E-state index contributed by atoms with van der Waals surface area (Å²) in [6.07, 6.45) is 1.38. The van der Waals surface area contributed by atoms with Crippen molar-refractivity contribution < 1.29 is 19.1 Å². The van der Waals surface area contributed by atoms with Crippen LogP contribution in [0.25, 0.3) is 0 Å². The first-order valence-corrected chi connectivity index (χ1v) is 6.61. The number of halogens is 1. The maximum atomic E-state index is 13.6. The molecular formula is C15H20FNO3. The van der Waals surface area contributed by atoms with E-state index in [4.69, 9.17) is 5.11 Å². The monoisotopic (exact) mass is 281 g/mol. The summed E-state index contributed by atoms with van der Waals surface area (Å²) in [5.41, 5.74) is 1.44. The minimum absolute atomic E-state index is 0.0729. The van der Waals surface area contributed by atoms with Crippen LogP contribution in [0, 0.1) is 12.7 Å². The molecule has 1 aromatic carbocycles. The van der Waals surface area contributed by atoms with Gasteiger partial charge in [0.15, 0.2) is 0 Å². The number of carbonyl (C=O) groups excluding carboxylic acids is 1. The van der Waals surface area contributed by atoms with Crippen molar-refractivity contribution in [3.63, 3.8) is 0 Å². The van der Waals surface area contributed by atoms with E-state index in [-0.39, 0.29) is 31.1 Å². The molecule has 0 saturated carbocycles. The molecular weight excluding hydrogens is 261 g/mol. The van der Waals surface area contributed by atoms with Gasteiger partial charge in [-0.3, -0.25) is 9.59 Å². The number of aliphatic carboxylic acids is 1. The highest BCUT2D eigenvalue weighted by Crippen LogP contribution is 2.13. The fraction of sp³-hybridized carbons (Fsp3) is 0.467. The van der Waals surface area contributed by atoms with Gasteiger partial charge in [0.25, 0.3) is 0 Å². The van der Waals surface area contributed by atoms with E-state index in [1.807, 2.05) is 6.92 Å². The van der Waals surface area contributed by atoms with Crippen LogP contribution in [-0.2, 0) is 16.1 Å². The van der Waals surface area contributed by atoms with Gasteiger partial charge in [-0.15, -0.1) is 0 Å². The second kappa shape index (κ2) is 7.62. The van der Waals surface area contributed by atoms with Crippen LogP contribution in [0.1, 0.15) is 36.8 Å². The van der Waals surface area contributed by atoms with Gasteiger partial charge in [0.05, 0.1) is 0 Å². The summed E-state index contributed by atoms with van der Waals surface area (Å²) in [4.78, 5) is 23.7. The highest BCUT2D eigenvalue weighted by molar-refractivity contribution is 5.76. The lowest BCUT2D eigenvalue weighted by Gasteiger charge is -2.18. The van der Waals surface area contributed by atoms with Crippen LogP contribution in [0.4, 0.5) is 4.39 Å². The van der Waals surface area contributed by atoms with Gasteiger partial charge in [0.2, 0.25) is 5.91 Å². The van der Waals surface area contributed by atoms with E-state index < -0.39 is 5.97 Å². The Balaban J connectivity index is 2.45. The molecule has 0 aromatic heterocycles. The standard InChI is InChI=1S/C15H20FNO3/c1-11-7-8-13(16)12(9-11)10-17(2)14(18)5-3-4-6-15(19)20/h7-9H,3-6,10H2,1-2H3,(H,19,20). The minimum atomic E-state index is -0.854. The lowest BCUT2D eigenvalue weighted by molar-refractivity contribution is -0.137. The zero-order valence-electron chi connectivity index (χ0n) is 11.9. The molecule has 0 fully saturated rings. The first-order chi connectivity index (χ1) is 9.40. The molecule has 0 radical (unpaired) electrons. The van der Waals surface area contributed by atoms with E-state index in [1.165, 1.54) is 11.0 Å². The third-order valence-corrected chi connectivity index (χ3v) is 3.07. The Morgan fingerprint density at radius 3 is 2.55 bits per heavy atom. The summed E-state index contributed by atoms with van der Waals surface area (Å²) in [7, 11) is 1.63. The predicted molar refractivity (Wildman–Crippen MR) is 73.7 cm³/mol. The number of hydrogen-bond acceptors (Lipinski definition) is 2. The Labute approximate surface area is 118 Å². The molecule has 1 N–H and O–H groups in total. The molecule has 1 rings (SSSR count). The number of benzene rings is 1. The summed E-state index contributed by atoms with van der Waals surface area (Å²) in [5.74, 6) is -1.27. The van der Waals surface area contributed by atoms with Crippen LogP contribution in [0.15, 0.2) is 18.2 Å². The molecule has 1 aromatic rings. The zero-order valence-corrected chi connectivity index (χ0v) is 11.9. The third-order valence-electron chi connectivity index (χ3n) is 3.07. The normalized spacial score (nSPS) is 10.3. The summed E-state index contributed by atoms with van der Waals surface area (Å²) >= 11 is 0. The quantitative estimate of drug-likeness (QED) is 0.782. The summed E-state index contributed by atoms with van der Waals surface area (Å²) in [5, 5.41) is 8.50. The molecule has 0 aliphatic carbocycles. The lowest BCUT2D eigenvalue weighted by atomic mass is 10.1. The average Bonchev–Trinajstić information content (AvgIpc) is 2.38. The van der Waals surface area contributed by atoms with Gasteiger partial charge in [-0.1, -0.05) is 17.7 Å². The van der Waals surface area contributed by atoms with Gasteiger partial charge in [-0.05, 0) is 25.8 Å². The molecule has 110 valence electrons. The molecule has 20 heavy (non-hydrogen) atoms. The fourth-order valence-electron chi connectivity index (χ4n) is 1.91. The van der Waals surface area contributed by atoms with E-state index in [1.54, 1.807) is 19.2 Å². The number of hydrogen-bond donors (Lipinski definition) is 1. The van der Waals surface area contributed by atoms with E-state index in [0.29, 0.717) is 18.4 Å². The maximum absolute atomic E-state index is 13.6. The molecule has 0 heterocycles. The average molecular weight is 281 g/mol. The van der Waals surface area contributed by atoms with E-state index in [9.17, 15) is 14.0 Å². The van der Waals surface area contributed by atoms with Crippen molar-refractivity contribution in [1.82, 2.24) is 4.90 Å². The Kier molecular flexibility index (Phi) is 6.15. The van der Waals surface area contributed by atoms with Crippen LogP contribution in [-0.4, -0.2) is 28.9 Å². The Morgan fingerprint density at radius 1 is 1.25 bits per heavy atom. The van der Waals surface area contributed by atoms with Crippen LogP contribution in [0.2, 0.25) is 0 Å². The molecule has 5 heteroatoms. The number of carbonyl (C=O) groups is 2. The van der Waals surface area contributed by atoms with Crippen molar-refractivity contribution in [2.45, 2.75) is 39.2 Å². The van der Waals surface area contributed by atoms with E-state index in [0.717, 1.165) is 5.56 Å². The molecule has 0 saturated heterocycles. The number of aryl methyl sites for hydroxylation is 1. The number of amides is 1. The molecule has 0 aliphatic heterocycles. The minimum Gasteiger partial charge on any atom is -0.481 e. The number of carboxylic acids is 1. The number of nitrogens with zero attached hydrogens (tertiary/aromatic N) is 1. The SMILES string of the molecule is Cc1ccc(F)c(CN(C)C(=O)CCCCC(=O)O)c1.